The van der Waals surface area contributed by atoms with E-state index in [9.17, 15) is 9.59 Å². The lowest BCUT2D eigenvalue weighted by molar-refractivity contribution is -0.121. The second kappa shape index (κ2) is 7.05. The van der Waals surface area contributed by atoms with E-state index in [1.807, 2.05) is 43.3 Å². The zero-order chi connectivity index (χ0) is 17.1. The number of fused-ring (bicyclic) bond motifs is 1. The van der Waals surface area contributed by atoms with Crippen LogP contribution in [0, 0.1) is 0 Å². The van der Waals surface area contributed by atoms with Crippen LogP contribution in [0.2, 0.25) is 0 Å². The average molecular weight is 389 g/mol. The van der Waals surface area contributed by atoms with Gasteiger partial charge >= 0.3 is 0 Å². The molecule has 2 amide bonds. The van der Waals surface area contributed by atoms with Crippen molar-refractivity contribution < 1.29 is 14.3 Å². The molecule has 1 heterocycles. The monoisotopic (exact) mass is 388 g/mol. The molecule has 5 nitrogen and oxygen atoms in total. The second-order valence-electron chi connectivity index (χ2n) is 5.60. The second-order valence-corrected chi connectivity index (χ2v) is 6.46. The highest BCUT2D eigenvalue weighted by Crippen LogP contribution is 2.31. The van der Waals surface area contributed by atoms with Gasteiger partial charge in [-0.15, -0.1) is 0 Å². The van der Waals surface area contributed by atoms with E-state index in [4.69, 9.17) is 4.74 Å². The zero-order valence-electron chi connectivity index (χ0n) is 13.2. The van der Waals surface area contributed by atoms with Gasteiger partial charge in [-0.3, -0.25) is 9.59 Å². The molecule has 2 aromatic rings. The van der Waals surface area contributed by atoms with E-state index >= 15 is 0 Å². The molecule has 6 heteroatoms. The summed E-state index contributed by atoms with van der Waals surface area (Å²) in [6, 6.07) is 14.4. The first-order valence-corrected chi connectivity index (χ1v) is 8.44. The molecule has 2 aromatic carbocycles. The first-order chi connectivity index (χ1) is 11.6. The lowest BCUT2D eigenvalue weighted by atomic mass is 10.1. The van der Waals surface area contributed by atoms with E-state index in [0.717, 1.165) is 4.47 Å². The van der Waals surface area contributed by atoms with Gasteiger partial charge in [0.1, 0.15) is 5.75 Å². The SMILES string of the molecule is C[C@H]1CC(=O)Nc2ccccc2N1C(=O)COc1ccccc1Br. The number of carbonyl (C=O) groups excluding carboxylic acids is 2. The molecular formula is C18H17BrN2O3. The van der Waals surface area contributed by atoms with E-state index in [2.05, 4.69) is 21.2 Å². The Morgan fingerprint density at radius 2 is 1.96 bits per heavy atom. The molecule has 1 aliphatic heterocycles. The number of anilines is 2. The summed E-state index contributed by atoms with van der Waals surface area (Å²) in [5.41, 5.74) is 1.33. The molecule has 24 heavy (non-hydrogen) atoms. The first-order valence-electron chi connectivity index (χ1n) is 7.64. The molecule has 0 saturated carbocycles. The maximum absolute atomic E-state index is 12.8. The minimum atomic E-state index is -0.246. The smallest absolute Gasteiger partial charge is 0.265 e. The summed E-state index contributed by atoms with van der Waals surface area (Å²) < 4.78 is 6.43. The maximum atomic E-state index is 12.8. The Balaban J connectivity index is 1.83. The van der Waals surface area contributed by atoms with Gasteiger partial charge in [0, 0.05) is 12.5 Å². The standard InChI is InChI=1S/C18H17BrN2O3/c1-12-10-17(22)20-14-7-3-4-8-15(14)21(12)18(23)11-24-16-9-5-2-6-13(16)19/h2-9,12H,10-11H2,1H3,(H,20,22)/t12-/m0/s1. The number of rotatable bonds is 3. The Kier molecular flexibility index (Phi) is 4.85. The Labute approximate surface area is 148 Å². The van der Waals surface area contributed by atoms with Crippen molar-refractivity contribution >= 4 is 39.1 Å². The van der Waals surface area contributed by atoms with Gasteiger partial charge < -0.3 is 15.0 Å². The van der Waals surface area contributed by atoms with E-state index in [1.165, 1.54) is 0 Å². The summed E-state index contributed by atoms with van der Waals surface area (Å²) in [5, 5.41) is 2.84. The van der Waals surface area contributed by atoms with Crippen molar-refractivity contribution in [3.05, 3.63) is 53.0 Å². The van der Waals surface area contributed by atoms with Crippen LogP contribution in [0.3, 0.4) is 0 Å². The van der Waals surface area contributed by atoms with Gasteiger partial charge in [-0.2, -0.15) is 0 Å². The van der Waals surface area contributed by atoms with Crippen LogP contribution >= 0.6 is 15.9 Å². The van der Waals surface area contributed by atoms with Crippen LogP contribution in [0.4, 0.5) is 11.4 Å². The van der Waals surface area contributed by atoms with E-state index in [1.54, 1.807) is 17.0 Å². The summed E-state index contributed by atoms with van der Waals surface area (Å²) in [7, 11) is 0. The van der Waals surface area contributed by atoms with Crippen LogP contribution in [0.1, 0.15) is 13.3 Å². The fourth-order valence-corrected chi connectivity index (χ4v) is 3.14. The van der Waals surface area contributed by atoms with E-state index in [0.29, 0.717) is 17.1 Å². The normalized spacial score (nSPS) is 16.8. The van der Waals surface area contributed by atoms with Crippen LogP contribution in [0.15, 0.2) is 53.0 Å². The highest BCUT2D eigenvalue weighted by atomic mass is 79.9. The molecule has 3 rings (SSSR count). The van der Waals surface area contributed by atoms with Crippen LogP contribution in [-0.2, 0) is 9.59 Å². The van der Waals surface area contributed by atoms with Crippen molar-refractivity contribution in [1.29, 1.82) is 0 Å². The molecular weight excluding hydrogens is 372 g/mol. The number of amides is 2. The highest BCUT2D eigenvalue weighted by Gasteiger charge is 2.29. The summed E-state index contributed by atoms with van der Waals surface area (Å²) in [6.45, 7) is 1.76. The molecule has 0 aliphatic carbocycles. The lowest BCUT2D eigenvalue weighted by Crippen LogP contribution is -2.41. The summed E-state index contributed by atoms with van der Waals surface area (Å²) in [6.07, 6.45) is 0.245. The average Bonchev–Trinajstić information content (AvgIpc) is 2.68. The van der Waals surface area contributed by atoms with Crippen LogP contribution < -0.4 is 15.0 Å². The number of carbonyl (C=O) groups is 2. The Morgan fingerprint density at radius 3 is 2.75 bits per heavy atom. The molecule has 1 atom stereocenters. The number of hydrogen-bond acceptors (Lipinski definition) is 3. The van der Waals surface area contributed by atoms with Crippen molar-refractivity contribution in [2.45, 2.75) is 19.4 Å². The largest absolute Gasteiger partial charge is 0.483 e. The topological polar surface area (TPSA) is 58.6 Å². The molecule has 0 aromatic heterocycles. The van der Waals surface area contributed by atoms with E-state index < -0.39 is 0 Å². The Bertz CT molecular complexity index is 778. The van der Waals surface area contributed by atoms with Gasteiger partial charge in [-0.25, -0.2) is 0 Å². The number of nitrogens with one attached hydrogen (secondary N) is 1. The molecule has 124 valence electrons. The van der Waals surface area contributed by atoms with Crippen molar-refractivity contribution in [3.63, 3.8) is 0 Å². The first kappa shape index (κ1) is 16.5. The predicted molar refractivity (Wildman–Crippen MR) is 96.3 cm³/mol. The summed E-state index contributed by atoms with van der Waals surface area (Å²) >= 11 is 3.40. The van der Waals surface area contributed by atoms with Gasteiger partial charge in [0.15, 0.2) is 6.61 Å². The molecule has 0 unspecified atom stereocenters. The molecule has 1 aliphatic rings. The van der Waals surface area contributed by atoms with Gasteiger partial charge in [0.05, 0.1) is 15.8 Å². The lowest BCUT2D eigenvalue weighted by Gasteiger charge is -2.27. The third kappa shape index (κ3) is 3.43. The fourth-order valence-electron chi connectivity index (χ4n) is 2.74. The fraction of sp³-hybridized carbons (Fsp3) is 0.222. The van der Waals surface area contributed by atoms with Crippen molar-refractivity contribution in [2.75, 3.05) is 16.8 Å². The number of halogens is 1. The van der Waals surface area contributed by atoms with Crippen LogP contribution in [0.25, 0.3) is 0 Å². The van der Waals surface area contributed by atoms with Crippen molar-refractivity contribution in [2.24, 2.45) is 0 Å². The van der Waals surface area contributed by atoms with Gasteiger partial charge in [0.25, 0.3) is 5.91 Å². The number of para-hydroxylation sites is 3. The van der Waals surface area contributed by atoms with E-state index in [-0.39, 0.29) is 30.9 Å². The van der Waals surface area contributed by atoms with Crippen molar-refractivity contribution in [1.82, 2.24) is 0 Å². The predicted octanol–water partition coefficient (Wildman–Crippen LogP) is 3.59. The molecule has 0 bridgehead atoms. The highest BCUT2D eigenvalue weighted by molar-refractivity contribution is 9.10. The minimum Gasteiger partial charge on any atom is -0.483 e. The van der Waals surface area contributed by atoms with Crippen LogP contribution in [-0.4, -0.2) is 24.5 Å². The third-order valence-corrected chi connectivity index (χ3v) is 4.47. The van der Waals surface area contributed by atoms with Gasteiger partial charge in [-0.1, -0.05) is 24.3 Å². The van der Waals surface area contributed by atoms with Gasteiger partial charge in [0.2, 0.25) is 5.91 Å². The number of ether oxygens (including phenoxy) is 1. The molecule has 0 saturated heterocycles. The summed E-state index contributed by atoms with van der Waals surface area (Å²) in [4.78, 5) is 26.4. The Morgan fingerprint density at radius 1 is 1.25 bits per heavy atom. The zero-order valence-corrected chi connectivity index (χ0v) is 14.7. The van der Waals surface area contributed by atoms with Crippen LogP contribution in [0.5, 0.6) is 5.75 Å². The molecule has 0 radical (unpaired) electrons. The number of nitrogens with zero attached hydrogens (tertiary/aromatic N) is 1. The minimum absolute atomic E-state index is 0.100. The van der Waals surface area contributed by atoms with Gasteiger partial charge in [-0.05, 0) is 47.1 Å². The third-order valence-electron chi connectivity index (χ3n) is 3.82. The maximum Gasteiger partial charge on any atom is 0.265 e. The molecule has 0 spiro atoms. The van der Waals surface area contributed by atoms with Crippen molar-refractivity contribution in [3.8, 4) is 5.75 Å². The quantitative estimate of drug-likeness (QED) is 0.873. The summed E-state index contributed by atoms with van der Waals surface area (Å²) in [5.74, 6) is 0.315. The number of hydrogen-bond donors (Lipinski definition) is 1. The Hall–Kier alpha value is -2.34. The number of benzene rings is 2. The molecule has 1 N–H and O–H groups in total. The molecule has 0 fully saturated rings.